The van der Waals surface area contributed by atoms with Crippen LogP contribution in [0.1, 0.15) is 19.4 Å². The molecule has 1 aromatic rings. The van der Waals surface area contributed by atoms with Gasteiger partial charge in [0.15, 0.2) is 0 Å². The van der Waals surface area contributed by atoms with Crippen molar-refractivity contribution in [1.82, 2.24) is 0 Å². The van der Waals surface area contributed by atoms with Crippen molar-refractivity contribution in [3.8, 4) is 5.75 Å². The predicted octanol–water partition coefficient (Wildman–Crippen LogP) is 2.23. The second-order valence-electron chi connectivity index (χ2n) is 5.38. The van der Waals surface area contributed by atoms with Gasteiger partial charge >= 0.3 is 0 Å². The lowest BCUT2D eigenvalue weighted by Crippen LogP contribution is -2.55. The first-order valence-electron chi connectivity index (χ1n) is 6.48. The van der Waals surface area contributed by atoms with E-state index in [0.717, 1.165) is 11.3 Å². The van der Waals surface area contributed by atoms with Crippen LogP contribution in [0.5, 0.6) is 5.75 Å². The highest BCUT2D eigenvalue weighted by Crippen LogP contribution is 2.45. The molecule has 0 aromatic heterocycles. The molecule has 1 aromatic carbocycles. The van der Waals surface area contributed by atoms with Crippen molar-refractivity contribution >= 4 is 0 Å². The van der Waals surface area contributed by atoms with Crippen molar-refractivity contribution < 1.29 is 14.6 Å². The number of rotatable bonds is 5. The van der Waals surface area contributed by atoms with Crippen LogP contribution in [0.3, 0.4) is 0 Å². The summed E-state index contributed by atoms with van der Waals surface area (Å²) < 4.78 is 10.9. The Labute approximate surface area is 109 Å². The maximum atomic E-state index is 9.73. The van der Waals surface area contributed by atoms with Gasteiger partial charge in [-0.2, -0.15) is 0 Å². The number of ether oxygens (including phenoxy) is 2. The van der Waals surface area contributed by atoms with Gasteiger partial charge < -0.3 is 14.6 Å². The normalized spacial score (nSPS) is 19.4. The average Bonchev–Trinajstić information content (AvgIpc) is 2.33. The van der Waals surface area contributed by atoms with E-state index in [-0.39, 0.29) is 17.9 Å². The summed E-state index contributed by atoms with van der Waals surface area (Å²) in [6.07, 6.45) is 0. The van der Waals surface area contributed by atoms with Gasteiger partial charge in [-0.1, -0.05) is 32.0 Å². The Hall–Kier alpha value is -1.06. The lowest BCUT2D eigenvalue weighted by atomic mass is 9.64. The number of benzene rings is 1. The lowest BCUT2D eigenvalue weighted by molar-refractivity contribution is -0.111. The molecule has 3 heteroatoms. The van der Waals surface area contributed by atoms with E-state index in [9.17, 15) is 5.11 Å². The summed E-state index contributed by atoms with van der Waals surface area (Å²) in [4.78, 5) is 0. The van der Waals surface area contributed by atoms with E-state index in [2.05, 4.69) is 19.9 Å². The second-order valence-corrected chi connectivity index (χ2v) is 5.38. The summed E-state index contributed by atoms with van der Waals surface area (Å²) in [7, 11) is 1.69. The highest BCUT2D eigenvalue weighted by atomic mass is 16.5. The van der Waals surface area contributed by atoms with Crippen molar-refractivity contribution in [2.24, 2.45) is 11.8 Å². The Morgan fingerprint density at radius 1 is 1.33 bits per heavy atom. The van der Waals surface area contributed by atoms with Crippen LogP contribution in [0.25, 0.3) is 0 Å². The fourth-order valence-electron chi connectivity index (χ4n) is 2.97. The van der Waals surface area contributed by atoms with Gasteiger partial charge in [0.2, 0.25) is 0 Å². The van der Waals surface area contributed by atoms with E-state index < -0.39 is 0 Å². The molecule has 3 nitrogen and oxygen atoms in total. The second kappa shape index (κ2) is 5.29. The number of hydrogen-bond donors (Lipinski definition) is 1. The first-order chi connectivity index (χ1) is 8.65. The first kappa shape index (κ1) is 13.4. The van der Waals surface area contributed by atoms with E-state index in [1.807, 2.05) is 18.2 Å². The van der Waals surface area contributed by atoms with Crippen LogP contribution in [0.2, 0.25) is 0 Å². The smallest absolute Gasteiger partial charge is 0.122 e. The van der Waals surface area contributed by atoms with Crippen molar-refractivity contribution in [3.63, 3.8) is 0 Å². The van der Waals surface area contributed by atoms with Gasteiger partial charge in [-0.05, 0) is 17.9 Å². The number of para-hydroxylation sites is 1. The highest BCUT2D eigenvalue weighted by Gasteiger charge is 2.49. The molecule has 0 radical (unpaired) electrons. The maximum absolute atomic E-state index is 9.73. The fourth-order valence-corrected chi connectivity index (χ4v) is 2.97. The third kappa shape index (κ3) is 2.02. The summed E-state index contributed by atoms with van der Waals surface area (Å²) in [5.41, 5.74) is 1.06. The minimum absolute atomic E-state index is 0.102. The van der Waals surface area contributed by atoms with Crippen molar-refractivity contribution in [3.05, 3.63) is 29.8 Å². The summed E-state index contributed by atoms with van der Waals surface area (Å²) >= 11 is 0. The molecule has 0 aliphatic carbocycles. The van der Waals surface area contributed by atoms with Crippen LogP contribution in [0, 0.1) is 11.8 Å². The minimum atomic E-state index is -0.102. The zero-order valence-electron chi connectivity index (χ0n) is 11.3. The molecule has 1 atom stereocenters. The van der Waals surface area contributed by atoms with Crippen molar-refractivity contribution in [2.75, 3.05) is 26.9 Å². The van der Waals surface area contributed by atoms with Crippen LogP contribution in [0.15, 0.2) is 24.3 Å². The zero-order chi connectivity index (χ0) is 13.2. The molecule has 0 spiro atoms. The molecule has 0 bridgehead atoms. The number of methoxy groups -OCH3 is 1. The maximum Gasteiger partial charge on any atom is 0.122 e. The number of aliphatic hydroxyl groups excluding tert-OH is 1. The summed E-state index contributed by atoms with van der Waals surface area (Å²) in [6.45, 7) is 5.80. The summed E-state index contributed by atoms with van der Waals surface area (Å²) in [5, 5.41) is 9.73. The van der Waals surface area contributed by atoms with Crippen LogP contribution >= 0.6 is 0 Å². The molecule has 1 saturated heterocycles. The van der Waals surface area contributed by atoms with Crippen molar-refractivity contribution in [2.45, 2.75) is 19.3 Å². The molecule has 1 fully saturated rings. The van der Waals surface area contributed by atoms with E-state index in [1.54, 1.807) is 7.11 Å². The molecule has 0 amide bonds. The largest absolute Gasteiger partial charge is 0.496 e. The molecule has 0 saturated carbocycles. The zero-order valence-corrected chi connectivity index (χ0v) is 11.3. The highest BCUT2D eigenvalue weighted by molar-refractivity contribution is 5.42. The van der Waals surface area contributed by atoms with Gasteiger partial charge in [-0.3, -0.25) is 0 Å². The van der Waals surface area contributed by atoms with Gasteiger partial charge in [0.25, 0.3) is 0 Å². The predicted molar refractivity (Wildman–Crippen MR) is 70.9 cm³/mol. The molecule has 2 rings (SSSR count). The Morgan fingerprint density at radius 3 is 2.44 bits per heavy atom. The Morgan fingerprint density at radius 2 is 2.00 bits per heavy atom. The van der Waals surface area contributed by atoms with Gasteiger partial charge in [0, 0.05) is 12.2 Å². The van der Waals surface area contributed by atoms with Crippen LogP contribution in [-0.2, 0) is 10.2 Å². The van der Waals surface area contributed by atoms with E-state index in [1.165, 1.54) is 0 Å². The van der Waals surface area contributed by atoms with Gasteiger partial charge in [-0.15, -0.1) is 0 Å². The van der Waals surface area contributed by atoms with Crippen molar-refractivity contribution in [1.29, 1.82) is 0 Å². The molecule has 1 N–H and O–H groups in total. The van der Waals surface area contributed by atoms with Crippen LogP contribution in [-0.4, -0.2) is 32.0 Å². The van der Waals surface area contributed by atoms with Gasteiger partial charge in [0.05, 0.1) is 25.7 Å². The van der Waals surface area contributed by atoms with Gasteiger partial charge in [-0.25, -0.2) is 0 Å². The Balaban J connectivity index is 2.43. The van der Waals surface area contributed by atoms with E-state index >= 15 is 0 Å². The van der Waals surface area contributed by atoms with Crippen LogP contribution in [0.4, 0.5) is 0 Å². The van der Waals surface area contributed by atoms with Gasteiger partial charge in [0.1, 0.15) is 5.75 Å². The van der Waals surface area contributed by atoms with Crippen LogP contribution < -0.4 is 4.74 Å². The SMILES string of the molecule is COc1ccccc1C1(C(CO)C(C)C)COC1. The van der Waals surface area contributed by atoms with E-state index in [0.29, 0.717) is 19.1 Å². The standard InChI is InChI=1S/C15H22O3/c1-11(2)13(8-16)15(9-18-10-15)12-6-4-5-7-14(12)17-3/h4-7,11,13,16H,8-10H2,1-3H3. The Bertz CT molecular complexity index is 396. The fraction of sp³-hybridized carbons (Fsp3) is 0.600. The topological polar surface area (TPSA) is 38.7 Å². The third-order valence-corrected chi connectivity index (χ3v) is 4.07. The quantitative estimate of drug-likeness (QED) is 0.871. The first-order valence-corrected chi connectivity index (χ1v) is 6.48. The average molecular weight is 250 g/mol. The molecule has 100 valence electrons. The molecule has 1 heterocycles. The summed E-state index contributed by atoms with van der Waals surface area (Å²) in [6, 6.07) is 8.06. The molecular formula is C15H22O3. The molecule has 1 unspecified atom stereocenters. The third-order valence-electron chi connectivity index (χ3n) is 4.07. The molecule has 1 aliphatic heterocycles. The summed E-state index contributed by atoms with van der Waals surface area (Å²) in [5.74, 6) is 1.49. The number of hydrogen-bond acceptors (Lipinski definition) is 3. The van der Waals surface area contributed by atoms with E-state index in [4.69, 9.17) is 9.47 Å². The minimum Gasteiger partial charge on any atom is -0.496 e. The number of aliphatic hydroxyl groups is 1. The molecular weight excluding hydrogens is 228 g/mol. The Kier molecular flexibility index (Phi) is 3.93. The monoisotopic (exact) mass is 250 g/mol. The molecule has 1 aliphatic rings. The lowest BCUT2D eigenvalue weighted by Gasteiger charge is -2.49. The molecule has 18 heavy (non-hydrogen) atoms.